The standard InChI is InChI=1S/C18H21BrN4O5/c1-20-6-7-28-12-4-2-11(3-5-12)17(26)22-9-14(15(24)10-22)23-8-13(19)16(25)21-18(23)27/h2-5,8,14-15,20,24H,6-7,9-10H2,1H3,(H,21,25,27)/t14-,15-/m0/s1. The van der Waals surface area contributed by atoms with Crippen molar-refractivity contribution >= 4 is 21.8 Å². The lowest BCUT2D eigenvalue weighted by Gasteiger charge is -2.18. The van der Waals surface area contributed by atoms with Crippen molar-refractivity contribution < 1.29 is 14.6 Å². The summed E-state index contributed by atoms with van der Waals surface area (Å²) in [6.07, 6.45) is 0.406. The summed E-state index contributed by atoms with van der Waals surface area (Å²) < 4.78 is 6.95. The van der Waals surface area contributed by atoms with Crippen molar-refractivity contribution in [2.45, 2.75) is 12.1 Å². The third-order valence-electron chi connectivity index (χ3n) is 4.55. The molecule has 2 aromatic rings. The van der Waals surface area contributed by atoms with Crippen LogP contribution in [0.15, 0.2) is 44.5 Å². The fraction of sp³-hybridized carbons (Fsp3) is 0.389. The van der Waals surface area contributed by atoms with Crippen LogP contribution in [-0.2, 0) is 0 Å². The zero-order valence-corrected chi connectivity index (χ0v) is 16.8. The van der Waals surface area contributed by atoms with Crippen LogP contribution in [0.5, 0.6) is 5.75 Å². The first-order valence-corrected chi connectivity index (χ1v) is 9.55. The van der Waals surface area contributed by atoms with E-state index in [-0.39, 0.29) is 23.5 Å². The van der Waals surface area contributed by atoms with Crippen molar-refractivity contribution in [3.05, 3.63) is 61.3 Å². The first-order chi connectivity index (χ1) is 13.4. The molecular formula is C18H21BrN4O5. The summed E-state index contributed by atoms with van der Waals surface area (Å²) in [7, 11) is 1.84. The first kappa shape index (κ1) is 20.3. The number of aliphatic hydroxyl groups excluding tert-OH is 1. The SMILES string of the molecule is CNCCOc1ccc(C(=O)N2C[C@H](O)[C@@H](n3cc(Br)c(=O)[nH]c3=O)C2)cc1. The van der Waals surface area contributed by atoms with E-state index in [2.05, 4.69) is 26.2 Å². The smallest absolute Gasteiger partial charge is 0.328 e. The molecule has 1 amide bonds. The Balaban J connectivity index is 1.72. The lowest BCUT2D eigenvalue weighted by atomic mass is 10.2. The molecule has 3 rings (SSSR count). The Morgan fingerprint density at radius 1 is 1.32 bits per heavy atom. The maximum atomic E-state index is 12.8. The fourth-order valence-corrected chi connectivity index (χ4v) is 3.38. The summed E-state index contributed by atoms with van der Waals surface area (Å²) in [6, 6.07) is 6.13. The molecule has 0 saturated carbocycles. The first-order valence-electron chi connectivity index (χ1n) is 8.76. The van der Waals surface area contributed by atoms with Gasteiger partial charge in [0, 0.05) is 31.4 Å². The lowest BCUT2D eigenvalue weighted by molar-refractivity contribution is 0.0764. The van der Waals surface area contributed by atoms with Gasteiger partial charge in [0.15, 0.2) is 0 Å². The van der Waals surface area contributed by atoms with Gasteiger partial charge in [-0.15, -0.1) is 0 Å². The van der Waals surface area contributed by atoms with Crippen LogP contribution >= 0.6 is 15.9 Å². The fourth-order valence-electron chi connectivity index (χ4n) is 3.06. The molecule has 1 aliphatic rings. The highest BCUT2D eigenvalue weighted by Gasteiger charge is 2.36. The number of ether oxygens (including phenoxy) is 1. The van der Waals surface area contributed by atoms with E-state index in [0.29, 0.717) is 24.5 Å². The number of aliphatic hydroxyl groups is 1. The number of nitrogens with one attached hydrogen (secondary N) is 2. The maximum Gasteiger partial charge on any atom is 0.328 e. The number of rotatable bonds is 6. The number of H-pyrrole nitrogens is 1. The summed E-state index contributed by atoms with van der Waals surface area (Å²) in [6.45, 7) is 1.48. The minimum Gasteiger partial charge on any atom is -0.492 e. The number of hydrogen-bond acceptors (Lipinski definition) is 6. The predicted octanol–water partition coefficient (Wildman–Crippen LogP) is -0.0447. The Kier molecular flexibility index (Phi) is 6.32. The average molecular weight is 453 g/mol. The van der Waals surface area contributed by atoms with E-state index < -0.39 is 23.4 Å². The molecule has 1 saturated heterocycles. The van der Waals surface area contributed by atoms with Crippen LogP contribution in [0.4, 0.5) is 0 Å². The summed E-state index contributed by atoms with van der Waals surface area (Å²) in [5, 5.41) is 13.4. The minimum absolute atomic E-state index is 0.0904. The van der Waals surface area contributed by atoms with Gasteiger partial charge in [-0.05, 0) is 47.2 Å². The number of likely N-dealkylation sites (tertiary alicyclic amines) is 1. The molecule has 0 unspecified atom stereocenters. The highest BCUT2D eigenvalue weighted by atomic mass is 79.9. The van der Waals surface area contributed by atoms with Crippen molar-refractivity contribution in [1.29, 1.82) is 0 Å². The molecule has 9 nitrogen and oxygen atoms in total. The summed E-state index contributed by atoms with van der Waals surface area (Å²) in [4.78, 5) is 40.0. The second-order valence-corrected chi connectivity index (χ2v) is 7.32. The molecule has 2 heterocycles. The highest BCUT2D eigenvalue weighted by molar-refractivity contribution is 9.10. The van der Waals surface area contributed by atoms with Crippen molar-refractivity contribution in [3.8, 4) is 5.75 Å². The van der Waals surface area contributed by atoms with Gasteiger partial charge in [-0.1, -0.05) is 0 Å². The Morgan fingerprint density at radius 2 is 2.04 bits per heavy atom. The molecule has 1 fully saturated rings. The average Bonchev–Trinajstić information content (AvgIpc) is 3.06. The normalized spacial score (nSPS) is 19.0. The number of benzene rings is 1. The molecule has 10 heteroatoms. The van der Waals surface area contributed by atoms with Crippen molar-refractivity contribution in [3.63, 3.8) is 0 Å². The monoisotopic (exact) mass is 452 g/mol. The number of amides is 1. The van der Waals surface area contributed by atoms with E-state index in [9.17, 15) is 19.5 Å². The van der Waals surface area contributed by atoms with Crippen molar-refractivity contribution in [2.24, 2.45) is 0 Å². The van der Waals surface area contributed by atoms with E-state index in [1.807, 2.05) is 7.05 Å². The van der Waals surface area contributed by atoms with Crippen LogP contribution in [0, 0.1) is 0 Å². The van der Waals surface area contributed by atoms with Crippen LogP contribution in [0.25, 0.3) is 0 Å². The third kappa shape index (κ3) is 4.34. The Labute approximate surface area is 169 Å². The number of halogens is 1. The molecule has 0 spiro atoms. The summed E-state index contributed by atoms with van der Waals surface area (Å²) >= 11 is 3.08. The predicted molar refractivity (Wildman–Crippen MR) is 106 cm³/mol. The number of nitrogens with zero attached hydrogens (tertiary/aromatic N) is 2. The Morgan fingerprint density at radius 3 is 2.71 bits per heavy atom. The van der Waals surface area contributed by atoms with Gasteiger partial charge < -0.3 is 20.1 Å². The van der Waals surface area contributed by atoms with E-state index in [0.717, 1.165) is 0 Å². The quantitative estimate of drug-likeness (QED) is 0.529. The number of aromatic nitrogens is 2. The van der Waals surface area contributed by atoms with Crippen LogP contribution in [0.3, 0.4) is 0 Å². The number of aromatic amines is 1. The number of hydrogen-bond donors (Lipinski definition) is 3. The molecule has 1 aromatic carbocycles. The molecule has 1 aromatic heterocycles. The Bertz CT molecular complexity index is 956. The zero-order valence-electron chi connectivity index (χ0n) is 15.2. The minimum atomic E-state index is -0.927. The van der Waals surface area contributed by atoms with Crippen molar-refractivity contribution in [2.75, 3.05) is 33.3 Å². The van der Waals surface area contributed by atoms with Gasteiger partial charge in [-0.3, -0.25) is 19.1 Å². The van der Waals surface area contributed by atoms with Crippen LogP contribution in [0.1, 0.15) is 16.4 Å². The Hall–Kier alpha value is -2.43. The van der Waals surface area contributed by atoms with Crippen LogP contribution < -0.4 is 21.3 Å². The van der Waals surface area contributed by atoms with Crippen LogP contribution in [0.2, 0.25) is 0 Å². The maximum absolute atomic E-state index is 12.8. The summed E-state index contributed by atoms with van der Waals surface area (Å²) in [5.74, 6) is 0.413. The molecule has 2 atom stereocenters. The molecule has 0 bridgehead atoms. The van der Waals surface area contributed by atoms with Gasteiger partial charge in [-0.25, -0.2) is 4.79 Å². The molecule has 150 valence electrons. The van der Waals surface area contributed by atoms with Crippen molar-refractivity contribution in [1.82, 2.24) is 19.8 Å². The number of likely N-dealkylation sites (N-methyl/N-ethyl adjacent to an activating group) is 1. The molecule has 1 aliphatic heterocycles. The van der Waals surface area contributed by atoms with Gasteiger partial charge >= 0.3 is 5.69 Å². The number of carbonyl (C=O) groups excluding carboxylic acids is 1. The molecule has 0 radical (unpaired) electrons. The lowest BCUT2D eigenvalue weighted by Crippen LogP contribution is -2.36. The second kappa shape index (κ2) is 8.72. The van der Waals surface area contributed by atoms with E-state index in [1.54, 1.807) is 24.3 Å². The topological polar surface area (TPSA) is 117 Å². The molecular weight excluding hydrogens is 432 g/mol. The van der Waals surface area contributed by atoms with E-state index in [4.69, 9.17) is 4.74 Å². The number of β-amino-alcohol motifs (C(OH)–C–C–N with tert-alkyl or cyclic N) is 1. The second-order valence-electron chi connectivity index (χ2n) is 6.46. The third-order valence-corrected chi connectivity index (χ3v) is 5.11. The van der Waals surface area contributed by atoms with Crippen LogP contribution in [-0.4, -0.2) is 64.9 Å². The van der Waals surface area contributed by atoms with Gasteiger partial charge in [0.05, 0.1) is 16.6 Å². The van der Waals surface area contributed by atoms with Gasteiger partial charge in [0.25, 0.3) is 11.5 Å². The molecule has 28 heavy (non-hydrogen) atoms. The van der Waals surface area contributed by atoms with Gasteiger partial charge in [-0.2, -0.15) is 0 Å². The van der Waals surface area contributed by atoms with E-state index >= 15 is 0 Å². The highest BCUT2D eigenvalue weighted by Crippen LogP contribution is 2.24. The largest absolute Gasteiger partial charge is 0.492 e. The van der Waals surface area contributed by atoms with E-state index in [1.165, 1.54) is 15.7 Å². The molecule has 0 aliphatic carbocycles. The van der Waals surface area contributed by atoms with Gasteiger partial charge in [0.1, 0.15) is 12.4 Å². The summed E-state index contributed by atoms with van der Waals surface area (Å²) in [5.41, 5.74) is -0.711. The molecule has 3 N–H and O–H groups in total. The van der Waals surface area contributed by atoms with Gasteiger partial charge in [0.2, 0.25) is 0 Å². The number of carbonyl (C=O) groups is 1. The zero-order chi connectivity index (χ0) is 20.3.